The fourth-order valence-electron chi connectivity index (χ4n) is 4.78. The van der Waals surface area contributed by atoms with E-state index in [0.29, 0.717) is 12.8 Å². The third kappa shape index (κ3) is 5.28. The Morgan fingerprint density at radius 3 is 2.59 bits per heavy atom. The van der Waals surface area contributed by atoms with E-state index in [1.807, 2.05) is 0 Å². The summed E-state index contributed by atoms with van der Waals surface area (Å²) in [6.45, 7) is 1.74. The first-order valence-corrected chi connectivity index (χ1v) is 11.8. The van der Waals surface area contributed by atoms with E-state index in [0.717, 1.165) is 20.0 Å². The first-order valence-electron chi connectivity index (χ1n) is 10.1. The van der Waals surface area contributed by atoms with E-state index in [9.17, 15) is 28.2 Å². The Balaban J connectivity index is 1.90. The van der Waals surface area contributed by atoms with Crippen LogP contribution in [0.4, 0.5) is 0 Å². The van der Waals surface area contributed by atoms with E-state index >= 15 is 0 Å². The molecule has 166 valence electrons. The number of carbonyl (C=O) groups excluding carboxylic acids is 2. The van der Waals surface area contributed by atoms with Gasteiger partial charge in [0, 0.05) is 0 Å². The van der Waals surface area contributed by atoms with Gasteiger partial charge in [-0.05, 0) is 50.9 Å². The molecule has 3 aliphatic rings. The van der Waals surface area contributed by atoms with Crippen molar-refractivity contribution in [3.8, 4) is 0 Å². The molecule has 0 aromatic rings. The number of hydrogen-bond acceptors (Lipinski definition) is 9. The molecule has 0 radical (unpaired) electrons. The highest BCUT2D eigenvalue weighted by Gasteiger charge is 2.54. The summed E-state index contributed by atoms with van der Waals surface area (Å²) in [5.74, 6) is -3.38. The molecule has 0 spiro atoms. The van der Waals surface area contributed by atoms with Gasteiger partial charge in [-0.1, -0.05) is 0 Å². The Morgan fingerprint density at radius 2 is 1.90 bits per heavy atom. The smallest absolute Gasteiger partial charge is 0.320 e. The van der Waals surface area contributed by atoms with Crippen molar-refractivity contribution < 1.29 is 42.4 Å². The molecule has 8 atom stereocenters. The Hall–Kier alpha value is -1.23. The molecular weight excluding hydrogens is 404 g/mol. The molecule has 10 heteroatoms. The van der Waals surface area contributed by atoms with Crippen molar-refractivity contribution in [1.29, 1.82) is 0 Å². The molecule has 29 heavy (non-hydrogen) atoms. The highest BCUT2D eigenvalue weighted by molar-refractivity contribution is 7.92. The SMILES string of the molecule is COC(=O)CS(=O)(=O)[C@@H]1CC(=O)O[C@@H](C)CCCC2OC2[C@H]2C[C@@H](O)C[C@H]2[C@H]1O. The fraction of sp³-hybridized carbons (Fsp3) is 0.895. The van der Waals surface area contributed by atoms with Gasteiger partial charge >= 0.3 is 11.9 Å². The van der Waals surface area contributed by atoms with E-state index < -0.39 is 57.3 Å². The number of hydrogen-bond donors (Lipinski definition) is 2. The summed E-state index contributed by atoms with van der Waals surface area (Å²) in [4.78, 5) is 24.0. The van der Waals surface area contributed by atoms with Crippen LogP contribution in [0.1, 0.15) is 45.4 Å². The van der Waals surface area contributed by atoms with Gasteiger partial charge in [0.05, 0.1) is 49.3 Å². The number of fused-ring (bicyclic) bond motifs is 3. The minimum Gasteiger partial charge on any atom is -0.468 e. The summed E-state index contributed by atoms with van der Waals surface area (Å²) >= 11 is 0. The normalized spacial score (nSPS) is 41.0. The van der Waals surface area contributed by atoms with Gasteiger partial charge in [-0.25, -0.2) is 8.42 Å². The average Bonchev–Trinajstić information content (AvgIpc) is 3.29. The molecule has 1 saturated carbocycles. The van der Waals surface area contributed by atoms with Gasteiger partial charge in [0.15, 0.2) is 9.84 Å². The average molecular weight is 435 g/mol. The second kappa shape index (κ2) is 8.87. The lowest BCUT2D eigenvalue weighted by Crippen LogP contribution is -2.45. The maximum absolute atomic E-state index is 12.9. The lowest BCUT2D eigenvalue weighted by atomic mass is 9.84. The summed E-state index contributed by atoms with van der Waals surface area (Å²) in [5, 5.41) is 19.7. The number of aliphatic hydroxyl groups is 2. The molecule has 3 rings (SSSR count). The van der Waals surface area contributed by atoms with Gasteiger partial charge in [0.25, 0.3) is 0 Å². The number of sulfone groups is 1. The van der Waals surface area contributed by atoms with Crippen LogP contribution in [0.25, 0.3) is 0 Å². The number of carbonyl (C=O) groups is 2. The highest BCUT2D eigenvalue weighted by atomic mass is 32.2. The number of ether oxygens (including phenoxy) is 3. The molecule has 9 nitrogen and oxygen atoms in total. The van der Waals surface area contributed by atoms with Crippen molar-refractivity contribution >= 4 is 21.8 Å². The monoisotopic (exact) mass is 434 g/mol. The minimum absolute atomic E-state index is 0.00813. The maximum atomic E-state index is 12.9. The number of cyclic esters (lactones) is 1. The Morgan fingerprint density at radius 1 is 1.21 bits per heavy atom. The van der Waals surface area contributed by atoms with Gasteiger partial charge in [-0.15, -0.1) is 0 Å². The van der Waals surface area contributed by atoms with Crippen molar-refractivity contribution in [2.75, 3.05) is 12.9 Å². The van der Waals surface area contributed by atoms with Crippen molar-refractivity contribution in [1.82, 2.24) is 0 Å². The van der Waals surface area contributed by atoms with E-state index in [-0.39, 0.29) is 30.7 Å². The molecule has 0 aromatic carbocycles. The summed E-state index contributed by atoms with van der Waals surface area (Å²) < 4.78 is 41.3. The van der Waals surface area contributed by atoms with Crippen LogP contribution in [-0.2, 0) is 33.6 Å². The van der Waals surface area contributed by atoms with E-state index in [2.05, 4.69) is 4.74 Å². The molecule has 0 amide bonds. The summed E-state index contributed by atoms with van der Waals surface area (Å²) in [6.07, 6.45) is -0.347. The van der Waals surface area contributed by atoms with Crippen LogP contribution >= 0.6 is 0 Å². The van der Waals surface area contributed by atoms with Gasteiger partial charge in [0.2, 0.25) is 0 Å². The Kier molecular flexibility index (Phi) is 6.87. The number of aliphatic hydroxyl groups excluding tert-OH is 2. The van der Waals surface area contributed by atoms with Crippen LogP contribution in [0.5, 0.6) is 0 Å². The zero-order valence-corrected chi connectivity index (χ0v) is 17.5. The first-order chi connectivity index (χ1) is 13.6. The van der Waals surface area contributed by atoms with Crippen molar-refractivity contribution in [3.05, 3.63) is 0 Å². The predicted molar refractivity (Wildman–Crippen MR) is 101 cm³/mol. The largest absolute Gasteiger partial charge is 0.468 e. The minimum atomic E-state index is -4.20. The molecule has 3 fully saturated rings. The van der Waals surface area contributed by atoms with E-state index in [1.165, 1.54) is 0 Å². The van der Waals surface area contributed by atoms with Crippen molar-refractivity contribution in [2.24, 2.45) is 11.8 Å². The summed E-state index contributed by atoms with van der Waals surface area (Å²) in [6, 6.07) is 0. The lowest BCUT2D eigenvalue weighted by Gasteiger charge is -2.30. The van der Waals surface area contributed by atoms with Gasteiger partial charge < -0.3 is 24.4 Å². The van der Waals surface area contributed by atoms with Crippen molar-refractivity contribution in [3.63, 3.8) is 0 Å². The molecule has 2 heterocycles. The summed E-state index contributed by atoms with van der Waals surface area (Å²) in [5.41, 5.74) is 0. The third-order valence-electron chi connectivity index (χ3n) is 6.31. The number of methoxy groups -OCH3 is 1. The van der Waals surface area contributed by atoms with Gasteiger partial charge in [-0.3, -0.25) is 9.59 Å². The highest BCUT2D eigenvalue weighted by Crippen LogP contribution is 2.47. The van der Waals surface area contributed by atoms with Crippen LogP contribution in [0.15, 0.2) is 0 Å². The zero-order chi connectivity index (χ0) is 21.3. The van der Waals surface area contributed by atoms with Crippen LogP contribution in [0, 0.1) is 11.8 Å². The lowest BCUT2D eigenvalue weighted by molar-refractivity contribution is -0.149. The van der Waals surface area contributed by atoms with Crippen LogP contribution in [-0.4, -0.2) is 79.2 Å². The number of epoxide rings is 1. The quantitative estimate of drug-likeness (QED) is 0.463. The van der Waals surface area contributed by atoms with Gasteiger partial charge in [0.1, 0.15) is 5.75 Å². The predicted octanol–water partition coefficient (Wildman–Crippen LogP) is -0.0361. The molecular formula is C19H30O9S. The fourth-order valence-corrected chi connectivity index (χ4v) is 6.46. The van der Waals surface area contributed by atoms with Crippen LogP contribution < -0.4 is 0 Å². The number of rotatable bonds is 3. The second-order valence-corrected chi connectivity index (χ2v) is 10.7. The standard InChI is InChI=1S/C19H30O9S/c1-10-4-3-5-14-19(28-14)13-7-11(20)6-12(13)18(23)15(8-16(21)27-10)29(24,25)9-17(22)26-2/h10-15,18-20,23H,3-9H2,1-2H3/t10-,11-,12+,13-,14?,15+,18+,19?/m0/s1. The Bertz CT molecular complexity index is 721. The summed E-state index contributed by atoms with van der Waals surface area (Å²) in [7, 11) is -3.13. The molecule has 0 bridgehead atoms. The molecule has 2 saturated heterocycles. The molecule has 2 aliphatic heterocycles. The van der Waals surface area contributed by atoms with Gasteiger partial charge in [-0.2, -0.15) is 0 Å². The van der Waals surface area contributed by atoms with E-state index in [1.54, 1.807) is 6.92 Å². The second-order valence-electron chi connectivity index (χ2n) is 8.44. The van der Waals surface area contributed by atoms with Crippen molar-refractivity contribution in [2.45, 2.75) is 81.2 Å². The number of esters is 2. The third-order valence-corrected chi connectivity index (χ3v) is 8.32. The molecule has 2 unspecified atom stereocenters. The maximum Gasteiger partial charge on any atom is 0.320 e. The van der Waals surface area contributed by atoms with Crippen LogP contribution in [0.3, 0.4) is 0 Å². The first kappa shape index (κ1) is 22.5. The molecule has 2 N–H and O–H groups in total. The van der Waals surface area contributed by atoms with Crippen LogP contribution in [0.2, 0.25) is 0 Å². The van der Waals surface area contributed by atoms with E-state index in [4.69, 9.17) is 9.47 Å². The Labute approximate surface area is 170 Å². The molecule has 1 aliphatic carbocycles. The topological polar surface area (TPSA) is 140 Å². The zero-order valence-electron chi connectivity index (χ0n) is 16.7. The molecule has 0 aromatic heterocycles.